The molecule has 2 aromatic carbocycles. The number of hydrogen-bond donors (Lipinski definition) is 0. The molecule has 0 spiro atoms. The molecule has 0 amide bonds. The van der Waals surface area contributed by atoms with E-state index in [4.69, 9.17) is 16.3 Å². The molecule has 1 aliphatic heterocycles. The number of ketones is 1. The molecular weight excluding hydrogens is 535 g/mol. The number of rotatable bonds is 9. The summed E-state index contributed by atoms with van der Waals surface area (Å²) in [4.78, 5) is 13.0. The second kappa shape index (κ2) is 10.9. The number of aryl methyl sites for hydroxylation is 1. The molecule has 1 aliphatic rings. The van der Waals surface area contributed by atoms with Crippen molar-refractivity contribution in [3.8, 4) is 5.75 Å². The van der Waals surface area contributed by atoms with Gasteiger partial charge in [0.05, 0.1) is 15.9 Å². The molecule has 1 fully saturated rings. The summed E-state index contributed by atoms with van der Waals surface area (Å²) in [5.41, 5.74) is 0.947. The molecule has 4 rings (SSSR count). The molecule has 1 atom stereocenters. The molecule has 0 aliphatic carbocycles. The topological polar surface area (TPSA) is 63.7 Å². The van der Waals surface area contributed by atoms with Gasteiger partial charge in [-0.25, -0.2) is 8.42 Å². The summed E-state index contributed by atoms with van der Waals surface area (Å²) in [7, 11) is -3.78. The van der Waals surface area contributed by atoms with Gasteiger partial charge in [0.1, 0.15) is 16.6 Å². The van der Waals surface area contributed by atoms with Crippen molar-refractivity contribution in [1.82, 2.24) is 4.31 Å². The maximum absolute atomic E-state index is 13.0. The molecule has 2 heterocycles. The highest BCUT2D eigenvalue weighted by Gasteiger charge is 2.39. The van der Waals surface area contributed by atoms with Crippen LogP contribution in [0.15, 0.2) is 64.9 Å². The van der Waals surface area contributed by atoms with Crippen LogP contribution in [0, 0.1) is 0 Å². The van der Waals surface area contributed by atoms with Crippen LogP contribution in [0.2, 0.25) is 4.34 Å². The molecule has 0 radical (unpaired) electrons. The normalized spacial score (nSPS) is 16.8. The van der Waals surface area contributed by atoms with Gasteiger partial charge < -0.3 is 4.74 Å². The zero-order chi connectivity index (χ0) is 25.9. The zero-order valence-electron chi connectivity index (χ0n) is 19.0. The molecule has 0 unspecified atom stereocenters. The number of sulfonamides is 1. The largest absolute Gasteiger partial charge is 0.489 e. The minimum absolute atomic E-state index is 0.132. The van der Waals surface area contributed by atoms with Gasteiger partial charge in [-0.3, -0.25) is 4.79 Å². The fourth-order valence-electron chi connectivity index (χ4n) is 4.12. The van der Waals surface area contributed by atoms with Crippen molar-refractivity contribution in [1.29, 1.82) is 0 Å². The highest BCUT2D eigenvalue weighted by molar-refractivity contribution is 7.91. The molecule has 11 heteroatoms. The molecule has 0 saturated carbocycles. The Balaban J connectivity index is 1.34. The Labute approximate surface area is 216 Å². The Morgan fingerprint density at radius 1 is 1.08 bits per heavy atom. The Morgan fingerprint density at radius 3 is 2.47 bits per heavy atom. The van der Waals surface area contributed by atoms with E-state index < -0.39 is 27.8 Å². The van der Waals surface area contributed by atoms with Crippen molar-refractivity contribution in [2.45, 2.75) is 48.7 Å². The van der Waals surface area contributed by atoms with Crippen molar-refractivity contribution >= 4 is 38.7 Å². The third kappa shape index (κ3) is 6.29. The van der Waals surface area contributed by atoms with Crippen molar-refractivity contribution in [2.75, 3.05) is 6.54 Å². The van der Waals surface area contributed by atoms with Gasteiger partial charge in [-0.2, -0.15) is 17.5 Å². The van der Waals surface area contributed by atoms with Gasteiger partial charge in [0.2, 0.25) is 0 Å². The predicted molar refractivity (Wildman–Crippen MR) is 132 cm³/mol. The van der Waals surface area contributed by atoms with E-state index in [9.17, 15) is 26.4 Å². The highest BCUT2D eigenvalue weighted by atomic mass is 35.5. The predicted octanol–water partition coefficient (Wildman–Crippen LogP) is 6.35. The molecule has 5 nitrogen and oxygen atoms in total. The number of nitrogens with zero attached hydrogens (tertiary/aromatic N) is 1. The van der Waals surface area contributed by atoms with Gasteiger partial charge in [0, 0.05) is 13.0 Å². The van der Waals surface area contributed by atoms with Gasteiger partial charge in [0.25, 0.3) is 10.0 Å². The van der Waals surface area contributed by atoms with Gasteiger partial charge in [0.15, 0.2) is 5.78 Å². The van der Waals surface area contributed by atoms with Crippen LogP contribution in [-0.2, 0) is 34.0 Å². The number of ether oxygens (including phenoxy) is 1. The molecular formula is C25H23ClF3NO4S2. The number of thiophene rings is 1. The third-order valence-corrected chi connectivity index (χ3v) is 9.53. The summed E-state index contributed by atoms with van der Waals surface area (Å²) >= 11 is 6.88. The summed E-state index contributed by atoms with van der Waals surface area (Å²) in [6.45, 7) is 0.455. The Kier molecular flexibility index (Phi) is 8.09. The summed E-state index contributed by atoms with van der Waals surface area (Å²) in [6, 6.07) is 14.2. The number of halogens is 4. The van der Waals surface area contributed by atoms with Crippen LogP contribution in [0.25, 0.3) is 0 Å². The summed E-state index contributed by atoms with van der Waals surface area (Å²) < 4.78 is 71.5. The minimum Gasteiger partial charge on any atom is -0.489 e. The van der Waals surface area contributed by atoms with E-state index in [1.807, 2.05) is 24.3 Å². The Morgan fingerprint density at radius 2 is 1.81 bits per heavy atom. The zero-order valence-corrected chi connectivity index (χ0v) is 21.4. The van der Waals surface area contributed by atoms with Crippen molar-refractivity contribution in [3.05, 3.63) is 81.7 Å². The van der Waals surface area contributed by atoms with E-state index in [-0.39, 0.29) is 23.0 Å². The van der Waals surface area contributed by atoms with E-state index in [1.54, 1.807) is 0 Å². The van der Waals surface area contributed by atoms with Gasteiger partial charge in [-0.15, -0.1) is 11.3 Å². The van der Waals surface area contributed by atoms with Crippen LogP contribution < -0.4 is 4.74 Å². The van der Waals surface area contributed by atoms with Crippen molar-refractivity contribution in [2.24, 2.45) is 0 Å². The number of carbonyl (C=O) groups is 1. The number of hydrogen-bond acceptors (Lipinski definition) is 5. The average molecular weight is 558 g/mol. The number of carbonyl (C=O) groups excluding carboxylic acids is 1. The monoisotopic (exact) mass is 557 g/mol. The number of benzene rings is 2. The van der Waals surface area contributed by atoms with E-state index in [0.717, 1.165) is 34.6 Å². The SMILES string of the molecule is O=C(CCc1cccc(COc2ccc(C(F)(F)F)cc2)c1)[C@@H]1CCCN1S(=O)(=O)c1ccc(Cl)s1. The maximum Gasteiger partial charge on any atom is 0.416 e. The van der Waals surface area contributed by atoms with Crippen LogP contribution >= 0.6 is 22.9 Å². The van der Waals surface area contributed by atoms with Gasteiger partial charge in [-0.05, 0) is 66.8 Å². The van der Waals surface area contributed by atoms with Gasteiger partial charge >= 0.3 is 6.18 Å². The van der Waals surface area contributed by atoms with Crippen LogP contribution in [0.3, 0.4) is 0 Å². The van der Waals surface area contributed by atoms with Crippen molar-refractivity contribution < 1.29 is 31.1 Å². The maximum atomic E-state index is 13.0. The van der Waals surface area contributed by atoms with Gasteiger partial charge in [-0.1, -0.05) is 35.9 Å². The van der Waals surface area contributed by atoms with Crippen LogP contribution in [0.1, 0.15) is 36.0 Å². The lowest BCUT2D eigenvalue weighted by atomic mass is 10.0. The first kappa shape index (κ1) is 26.7. The third-order valence-electron chi connectivity index (χ3n) is 5.93. The molecule has 1 saturated heterocycles. The quantitative estimate of drug-likeness (QED) is 0.307. The first-order valence-corrected chi connectivity index (χ1v) is 13.9. The second-order valence-corrected chi connectivity index (χ2v) is 12.3. The molecule has 1 aromatic heterocycles. The molecule has 0 N–H and O–H groups in total. The van der Waals surface area contributed by atoms with E-state index in [0.29, 0.717) is 35.9 Å². The fourth-order valence-corrected chi connectivity index (χ4v) is 7.41. The lowest BCUT2D eigenvalue weighted by Crippen LogP contribution is -2.40. The lowest BCUT2D eigenvalue weighted by Gasteiger charge is -2.22. The fraction of sp³-hybridized carbons (Fsp3) is 0.320. The number of alkyl halides is 3. The second-order valence-electron chi connectivity index (χ2n) is 8.43. The van der Waals surface area contributed by atoms with Crippen molar-refractivity contribution in [3.63, 3.8) is 0 Å². The molecule has 3 aromatic rings. The van der Waals surface area contributed by atoms with Crippen LogP contribution in [0.4, 0.5) is 13.2 Å². The van der Waals surface area contributed by atoms with E-state index in [2.05, 4.69) is 0 Å². The molecule has 0 bridgehead atoms. The summed E-state index contributed by atoms with van der Waals surface area (Å²) in [5, 5.41) is 0. The van der Waals surface area contributed by atoms with Crippen LogP contribution in [0.5, 0.6) is 5.75 Å². The summed E-state index contributed by atoms with van der Waals surface area (Å²) in [5.74, 6) is 0.184. The highest BCUT2D eigenvalue weighted by Crippen LogP contribution is 2.33. The lowest BCUT2D eigenvalue weighted by molar-refractivity contribution is -0.137. The Bertz CT molecular complexity index is 1320. The smallest absolute Gasteiger partial charge is 0.416 e. The first-order valence-electron chi connectivity index (χ1n) is 11.2. The minimum atomic E-state index is -4.40. The van der Waals surface area contributed by atoms with Crippen LogP contribution in [-0.4, -0.2) is 31.1 Å². The first-order chi connectivity index (χ1) is 17.0. The average Bonchev–Trinajstić information content (AvgIpc) is 3.51. The molecule has 36 heavy (non-hydrogen) atoms. The standard InChI is InChI=1S/C25H23ClF3NO4S2/c26-23-12-13-24(35-23)36(32,33)30-14-2-5-21(30)22(31)11-6-17-3-1-4-18(15-17)16-34-20-9-7-19(8-10-20)25(27,28)29/h1,3-4,7-10,12-13,15,21H,2,5-6,11,14,16H2/t21-/m0/s1. The molecule has 192 valence electrons. The summed E-state index contributed by atoms with van der Waals surface area (Å²) in [6.07, 6.45) is -2.68. The van der Waals surface area contributed by atoms with E-state index >= 15 is 0 Å². The van der Waals surface area contributed by atoms with E-state index in [1.165, 1.54) is 28.6 Å². The number of Topliss-reactive ketones (excluding diaryl/α,β-unsaturated/α-hetero) is 1. The Hall–Kier alpha value is -2.40.